The van der Waals surface area contributed by atoms with Crippen LogP contribution in [0, 0.1) is 11.3 Å². The van der Waals surface area contributed by atoms with E-state index in [1.54, 1.807) is 17.4 Å². The van der Waals surface area contributed by atoms with Crippen LogP contribution in [-0.2, 0) is 4.79 Å². The Morgan fingerprint density at radius 1 is 0.778 bits per heavy atom. The molecule has 0 saturated carbocycles. The Kier molecular flexibility index (Phi) is 6.76. The molecule has 3 aromatic carbocycles. The van der Waals surface area contributed by atoms with Crippen molar-refractivity contribution < 1.29 is 9.90 Å². The number of carboxylic acids is 1. The molecule has 0 unspecified atom stereocenters. The Morgan fingerprint density at radius 3 is 2.00 bits per heavy atom. The molecule has 5 aromatic rings. The summed E-state index contributed by atoms with van der Waals surface area (Å²) in [6.07, 6.45) is 1.40. The summed E-state index contributed by atoms with van der Waals surface area (Å²) in [5.41, 5.74) is 6.32. The minimum Gasteiger partial charge on any atom is -0.477 e. The highest BCUT2D eigenvalue weighted by Gasteiger charge is 2.13. The van der Waals surface area contributed by atoms with E-state index >= 15 is 0 Å². The molecule has 0 atom stereocenters. The molecule has 0 aliphatic carbocycles. The maximum atomic E-state index is 11.1. The molecular formula is C30H20N2O2S2. The number of hydrogen-bond donors (Lipinski definition) is 1. The van der Waals surface area contributed by atoms with Crippen molar-refractivity contribution >= 4 is 51.8 Å². The highest BCUT2D eigenvalue weighted by molar-refractivity contribution is 7.16. The lowest BCUT2D eigenvalue weighted by Crippen LogP contribution is -2.09. The maximum Gasteiger partial charge on any atom is 0.346 e. The Bertz CT molecular complexity index is 1540. The van der Waals surface area contributed by atoms with E-state index in [1.165, 1.54) is 28.5 Å². The van der Waals surface area contributed by atoms with Gasteiger partial charge in [0.25, 0.3) is 0 Å². The summed E-state index contributed by atoms with van der Waals surface area (Å²) in [5, 5.41) is 22.4. The van der Waals surface area contributed by atoms with E-state index in [0.29, 0.717) is 0 Å². The van der Waals surface area contributed by atoms with Crippen molar-refractivity contribution in [2.75, 3.05) is 4.90 Å². The first-order valence-corrected chi connectivity index (χ1v) is 12.9. The van der Waals surface area contributed by atoms with E-state index in [-0.39, 0.29) is 5.57 Å². The third-order valence-corrected chi connectivity index (χ3v) is 7.43. The smallest absolute Gasteiger partial charge is 0.346 e. The predicted octanol–water partition coefficient (Wildman–Crippen LogP) is 8.60. The van der Waals surface area contributed by atoms with Crippen LogP contribution in [0.3, 0.4) is 0 Å². The summed E-state index contributed by atoms with van der Waals surface area (Å²) in [6, 6.07) is 34.8. The average molecular weight is 505 g/mol. The summed E-state index contributed by atoms with van der Waals surface area (Å²) < 4.78 is 0. The van der Waals surface area contributed by atoms with Gasteiger partial charge in [-0.15, -0.1) is 11.3 Å². The first-order valence-electron chi connectivity index (χ1n) is 11.2. The highest BCUT2D eigenvalue weighted by Crippen LogP contribution is 2.37. The van der Waals surface area contributed by atoms with Crippen LogP contribution in [0.25, 0.3) is 27.6 Å². The summed E-state index contributed by atoms with van der Waals surface area (Å²) >= 11 is 3.14. The highest BCUT2D eigenvalue weighted by atomic mass is 32.1. The van der Waals surface area contributed by atoms with Crippen LogP contribution in [0.2, 0.25) is 0 Å². The molecule has 2 heterocycles. The minimum atomic E-state index is -1.22. The van der Waals surface area contributed by atoms with Crippen LogP contribution in [0.1, 0.15) is 4.88 Å². The molecule has 36 heavy (non-hydrogen) atoms. The number of benzene rings is 3. The molecule has 0 aliphatic rings. The van der Waals surface area contributed by atoms with Crippen molar-refractivity contribution in [1.29, 1.82) is 5.26 Å². The van der Waals surface area contributed by atoms with Gasteiger partial charge >= 0.3 is 5.97 Å². The number of anilines is 3. The van der Waals surface area contributed by atoms with E-state index in [0.717, 1.165) is 32.4 Å². The SMILES string of the molecule is N#C/C(=C\c1ccc(-c2ccc(N(c3ccccc3)c3ccc(-c4ccsc4)cc3)cc2)s1)C(=O)O. The first kappa shape index (κ1) is 23.3. The fourth-order valence-corrected chi connectivity index (χ4v) is 5.52. The van der Waals surface area contributed by atoms with Gasteiger partial charge in [-0.3, -0.25) is 0 Å². The van der Waals surface area contributed by atoms with E-state index < -0.39 is 5.97 Å². The summed E-state index contributed by atoms with van der Waals surface area (Å²) in [7, 11) is 0. The van der Waals surface area contributed by atoms with Crippen LogP contribution in [0.5, 0.6) is 0 Å². The number of aliphatic carboxylic acids is 1. The van der Waals surface area contributed by atoms with Gasteiger partial charge in [-0.1, -0.05) is 42.5 Å². The van der Waals surface area contributed by atoms with Gasteiger partial charge < -0.3 is 10.0 Å². The van der Waals surface area contributed by atoms with Crippen LogP contribution < -0.4 is 4.90 Å². The molecule has 0 radical (unpaired) electrons. The number of carboxylic acid groups (broad SMARTS) is 1. The largest absolute Gasteiger partial charge is 0.477 e. The molecule has 6 heteroatoms. The average Bonchev–Trinajstić information content (AvgIpc) is 3.62. The number of nitriles is 1. The van der Waals surface area contributed by atoms with Crippen molar-refractivity contribution in [1.82, 2.24) is 0 Å². The Balaban J connectivity index is 1.46. The lowest BCUT2D eigenvalue weighted by molar-refractivity contribution is -0.132. The van der Waals surface area contributed by atoms with E-state index in [1.807, 2.05) is 30.3 Å². The van der Waals surface area contributed by atoms with Gasteiger partial charge in [0.1, 0.15) is 11.6 Å². The standard InChI is InChI=1S/C30H20N2O2S2/c31-19-24(30(33)34)18-28-14-15-29(36-28)22-8-12-27(13-9-22)32(25-4-2-1-3-5-25)26-10-6-21(7-11-26)23-16-17-35-20-23/h1-18,20H,(H,33,34)/b24-18+. The lowest BCUT2D eigenvalue weighted by Gasteiger charge is -2.25. The number of hydrogen-bond acceptors (Lipinski definition) is 5. The molecule has 0 saturated heterocycles. The number of rotatable bonds is 7. The van der Waals surface area contributed by atoms with Crippen LogP contribution in [0.4, 0.5) is 17.1 Å². The lowest BCUT2D eigenvalue weighted by atomic mass is 10.1. The molecule has 0 bridgehead atoms. The molecule has 1 N–H and O–H groups in total. The zero-order valence-electron chi connectivity index (χ0n) is 19.0. The Morgan fingerprint density at radius 2 is 1.42 bits per heavy atom. The van der Waals surface area contributed by atoms with E-state index in [9.17, 15) is 4.79 Å². The zero-order valence-corrected chi connectivity index (χ0v) is 20.7. The number of carbonyl (C=O) groups is 1. The molecule has 0 amide bonds. The summed E-state index contributed by atoms with van der Waals surface area (Å²) in [6.45, 7) is 0. The normalized spacial score (nSPS) is 11.1. The van der Waals surface area contributed by atoms with Crippen LogP contribution >= 0.6 is 22.7 Å². The van der Waals surface area contributed by atoms with Crippen LogP contribution in [0.15, 0.2) is 113 Å². The number of thiophene rings is 2. The van der Waals surface area contributed by atoms with Gasteiger partial charge in [0, 0.05) is 26.8 Å². The van der Waals surface area contributed by atoms with E-state index in [2.05, 4.69) is 82.4 Å². The quantitative estimate of drug-likeness (QED) is 0.178. The monoisotopic (exact) mass is 504 g/mol. The van der Waals surface area contributed by atoms with Crippen molar-refractivity contribution in [2.24, 2.45) is 0 Å². The van der Waals surface area contributed by atoms with Gasteiger partial charge in [0.2, 0.25) is 0 Å². The maximum absolute atomic E-state index is 11.1. The van der Waals surface area contributed by atoms with Crippen molar-refractivity contribution in [3.63, 3.8) is 0 Å². The number of para-hydroxylation sites is 1. The van der Waals surface area contributed by atoms with Gasteiger partial charge in [0.05, 0.1) is 0 Å². The van der Waals surface area contributed by atoms with Gasteiger partial charge in [-0.25, -0.2) is 4.79 Å². The van der Waals surface area contributed by atoms with Crippen molar-refractivity contribution in [2.45, 2.75) is 0 Å². The van der Waals surface area contributed by atoms with Gasteiger partial charge in [0.15, 0.2) is 0 Å². The van der Waals surface area contributed by atoms with Crippen molar-refractivity contribution in [3.05, 3.63) is 118 Å². The predicted molar refractivity (Wildman–Crippen MR) is 149 cm³/mol. The van der Waals surface area contributed by atoms with Crippen LogP contribution in [-0.4, -0.2) is 11.1 Å². The molecule has 0 fully saturated rings. The number of nitrogens with zero attached hydrogens (tertiary/aromatic N) is 2. The fourth-order valence-electron chi connectivity index (χ4n) is 3.90. The Hall–Kier alpha value is -4.44. The summed E-state index contributed by atoms with van der Waals surface area (Å²) in [5.74, 6) is -1.22. The minimum absolute atomic E-state index is 0.276. The molecule has 5 rings (SSSR count). The molecule has 174 valence electrons. The first-order chi connectivity index (χ1) is 17.6. The zero-order chi connectivity index (χ0) is 24.9. The van der Waals surface area contributed by atoms with Gasteiger partial charge in [-0.2, -0.15) is 16.6 Å². The summed E-state index contributed by atoms with van der Waals surface area (Å²) in [4.78, 5) is 15.1. The van der Waals surface area contributed by atoms with Crippen molar-refractivity contribution in [3.8, 4) is 27.6 Å². The molecular weight excluding hydrogens is 484 g/mol. The topological polar surface area (TPSA) is 64.3 Å². The molecule has 2 aromatic heterocycles. The third-order valence-electron chi connectivity index (χ3n) is 5.67. The molecule has 0 aliphatic heterocycles. The molecule has 0 spiro atoms. The second-order valence-electron chi connectivity index (χ2n) is 7.95. The van der Waals surface area contributed by atoms with E-state index in [4.69, 9.17) is 10.4 Å². The van der Waals surface area contributed by atoms with Gasteiger partial charge in [-0.05, 0) is 88.1 Å². The molecule has 4 nitrogen and oxygen atoms in total. The Labute approximate surface area is 217 Å². The fraction of sp³-hybridized carbons (Fsp3) is 0. The third kappa shape index (κ3) is 4.98. The second kappa shape index (κ2) is 10.4. The second-order valence-corrected chi connectivity index (χ2v) is 9.85.